The van der Waals surface area contributed by atoms with Crippen LogP contribution in [-0.2, 0) is 19.4 Å². The zero-order valence-electron chi connectivity index (χ0n) is 18.0. The predicted molar refractivity (Wildman–Crippen MR) is 121 cm³/mol. The number of hydrogen-bond acceptors (Lipinski definition) is 7. The Morgan fingerprint density at radius 2 is 1.52 bits per heavy atom. The van der Waals surface area contributed by atoms with Crippen molar-refractivity contribution in [1.82, 2.24) is 14.8 Å². The molecule has 5 rings (SSSR count). The van der Waals surface area contributed by atoms with Crippen LogP contribution in [0, 0.1) is 0 Å². The fourth-order valence-corrected chi connectivity index (χ4v) is 5.87. The lowest BCUT2D eigenvalue weighted by Crippen LogP contribution is -2.51. The van der Waals surface area contributed by atoms with Crippen LogP contribution < -0.4 is 4.90 Å². The molecule has 2 saturated heterocycles. The Bertz CT molecular complexity index is 1210. The number of sulfone groups is 1. The van der Waals surface area contributed by atoms with Crippen LogP contribution in [0.15, 0.2) is 52.4 Å². The molecule has 0 radical (unpaired) electrons. The second-order valence-electron chi connectivity index (χ2n) is 8.14. The zero-order valence-corrected chi connectivity index (χ0v) is 18.8. The molecule has 2 amide bonds. The first-order chi connectivity index (χ1) is 15.9. The number of rotatable bonds is 3. The van der Waals surface area contributed by atoms with E-state index in [2.05, 4.69) is 9.88 Å². The molecule has 2 aromatic rings. The standard InChI is InChI=1S/C23H24N4O5S/c28-22(18-5-6-21(24-16-18)25-11-13-32-14-12-25)26-7-9-27(10-8-26)23(29)20-15-17-3-1-2-4-19(17)33(20,30)31/h1-6,15-16H,7-14H2. The number of benzene rings is 1. The van der Waals surface area contributed by atoms with Crippen molar-refractivity contribution in [1.29, 1.82) is 0 Å². The molecule has 4 heterocycles. The van der Waals surface area contributed by atoms with Crippen LogP contribution in [0.4, 0.5) is 5.82 Å². The summed E-state index contributed by atoms with van der Waals surface area (Å²) in [7, 11) is -3.81. The fraction of sp³-hybridized carbons (Fsp3) is 0.348. The number of carbonyl (C=O) groups excluding carboxylic acids is 2. The minimum absolute atomic E-state index is 0.150. The van der Waals surface area contributed by atoms with Crippen molar-refractivity contribution < 1.29 is 22.7 Å². The molecule has 1 aromatic carbocycles. The molecule has 9 nitrogen and oxygen atoms in total. The Labute approximate surface area is 192 Å². The third-order valence-corrected chi connectivity index (χ3v) is 8.00. The molecule has 2 fully saturated rings. The summed E-state index contributed by atoms with van der Waals surface area (Å²) in [6.45, 7) is 4.07. The number of carbonyl (C=O) groups is 2. The molecular formula is C23H24N4O5S. The van der Waals surface area contributed by atoms with E-state index in [0.29, 0.717) is 37.4 Å². The number of amides is 2. The number of nitrogens with zero attached hydrogens (tertiary/aromatic N) is 4. The van der Waals surface area contributed by atoms with Gasteiger partial charge in [-0.05, 0) is 29.8 Å². The molecule has 0 bridgehead atoms. The highest BCUT2D eigenvalue weighted by Crippen LogP contribution is 2.33. The summed E-state index contributed by atoms with van der Waals surface area (Å²) in [4.78, 5) is 35.6. The van der Waals surface area contributed by atoms with Crippen molar-refractivity contribution in [3.05, 3.63) is 58.6 Å². The molecule has 0 aliphatic carbocycles. The second kappa shape index (κ2) is 8.60. The zero-order chi connectivity index (χ0) is 23.0. The van der Waals surface area contributed by atoms with Crippen LogP contribution >= 0.6 is 0 Å². The van der Waals surface area contributed by atoms with Crippen molar-refractivity contribution in [2.24, 2.45) is 0 Å². The molecule has 172 valence electrons. The molecule has 1 aromatic heterocycles. The van der Waals surface area contributed by atoms with E-state index < -0.39 is 15.7 Å². The third-order valence-electron chi connectivity index (χ3n) is 6.18. The van der Waals surface area contributed by atoms with E-state index in [-0.39, 0.29) is 28.8 Å². The van der Waals surface area contributed by atoms with Crippen molar-refractivity contribution in [3.63, 3.8) is 0 Å². The molecule has 0 N–H and O–H groups in total. The van der Waals surface area contributed by atoms with Gasteiger partial charge in [-0.3, -0.25) is 9.59 Å². The van der Waals surface area contributed by atoms with E-state index in [0.717, 1.165) is 18.9 Å². The molecule has 0 atom stereocenters. The molecule has 0 spiro atoms. The third kappa shape index (κ3) is 4.00. The Morgan fingerprint density at radius 3 is 2.15 bits per heavy atom. The Morgan fingerprint density at radius 1 is 0.848 bits per heavy atom. The maximum atomic E-state index is 13.0. The quantitative estimate of drug-likeness (QED) is 0.663. The maximum absolute atomic E-state index is 13.0. The molecule has 10 heteroatoms. The molecule has 33 heavy (non-hydrogen) atoms. The average molecular weight is 469 g/mol. The van der Waals surface area contributed by atoms with Crippen LogP contribution in [0.5, 0.6) is 0 Å². The number of pyridine rings is 1. The van der Waals surface area contributed by atoms with Gasteiger partial charge in [0.25, 0.3) is 11.8 Å². The van der Waals surface area contributed by atoms with Gasteiger partial charge in [0.2, 0.25) is 9.84 Å². The van der Waals surface area contributed by atoms with Gasteiger partial charge in [-0.25, -0.2) is 13.4 Å². The van der Waals surface area contributed by atoms with Crippen LogP contribution in [-0.4, -0.2) is 87.5 Å². The van der Waals surface area contributed by atoms with Gasteiger partial charge in [-0.2, -0.15) is 0 Å². The molecule has 0 saturated carbocycles. The van der Waals surface area contributed by atoms with Gasteiger partial charge in [0.1, 0.15) is 10.7 Å². The fourth-order valence-electron chi connectivity index (χ4n) is 4.30. The summed E-state index contributed by atoms with van der Waals surface area (Å²) in [6, 6.07) is 10.2. The van der Waals surface area contributed by atoms with Gasteiger partial charge >= 0.3 is 0 Å². The van der Waals surface area contributed by atoms with E-state index >= 15 is 0 Å². The summed E-state index contributed by atoms with van der Waals surface area (Å²) in [6.07, 6.45) is 3.02. The Kier molecular flexibility index (Phi) is 5.63. The number of anilines is 1. The number of ether oxygens (including phenoxy) is 1. The van der Waals surface area contributed by atoms with Crippen LogP contribution in [0.25, 0.3) is 6.08 Å². The Balaban J connectivity index is 1.21. The summed E-state index contributed by atoms with van der Waals surface area (Å²) < 4.78 is 30.9. The summed E-state index contributed by atoms with van der Waals surface area (Å²) in [5.41, 5.74) is 1.02. The molecular weight excluding hydrogens is 444 g/mol. The normalized spacial score (nSPS) is 19.8. The largest absolute Gasteiger partial charge is 0.378 e. The average Bonchev–Trinajstić information content (AvgIpc) is 3.14. The highest BCUT2D eigenvalue weighted by atomic mass is 32.2. The lowest BCUT2D eigenvalue weighted by atomic mass is 10.2. The first-order valence-electron chi connectivity index (χ1n) is 10.9. The predicted octanol–water partition coefficient (Wildman–Crippen LogP) is 1.03. The topological polar surface area (TPSA) is 100 Å². The highest BCUT2D eigenvalue weighted by molar-refractivity contribution is 7.96. The van der Waals surface area contributed by atoms with Crippen molar-refractivity contribution in [3.8, 4) is 0 Å². The minimum atomic E-state index is -3.81. The SMILES string of the molecule is O=C(C1=Cc2ccccc2S1(=O)=O)N1CCN(C(=O)c2ccc(N3CCOCC3)nc2)CC1. The van der Waals surface area contributed by atoms with Gasteiger partial charge in [0.05, 0.1) is 23.7 Å². The summed E-state index contributed by atoms with van der Waals surface area (Å²) >= 11 is 0. The maximum Gasteiger partial charge on any atom is 0.265 e. The van der Waals surface area contributed by atoms with Crippen LogP contribution in [0.3, 0.4) is 0 Å². The van der Waals surface area contributed by atoms with Crippen molar-refractivity contribution in [2.75, 3.05) is 57.4 Å². The van der Waals surface area contributed by atoms with E-state index in [1.165, 1.54) is 17.0 Å². The number of morpholine rings is 1. The van der Waals surface area contributed by atoms with Gasteiger partial charge in [0, 0.05) is 45.5 Å². The number of fused-ring (bicyclic) bond motifs is 1. The lowest BCUT2D eigenvalue weighted by molar-refractivity contribution is -0.127. The minimum Gasteiger partial charge on any atom is -0.378 e. The lowest BCUT2D eigenvalue weighted by Gasteiger charge is -2.35. The summed E-state index contributed by atoms with van der Waals surface area (Å²) in [5, 5.41) is 0. The van der Waals surface area contributed by atoms with Gasteiger partial charge in [-0.15, -0.1) is 0 Å². The first-order valence-corrected chi connectivity index (χ1v) is 12.4. The van der Waals surface area contributed by atoms with Crippen LogP contribution in [0.1, 0.15) is 15.9 Å². The van der Waals surface area contributed by atoms with E-state index in [1.807, 2.05) is 6.07 Å². The number of hydrogen-bond donors (Lipinski definition) is 0. The molecule has 3 aliphatic heterocycles. The smallest absolute Gasteiger partial charge is 0.265 e. The molecule has 3 aliphatic rings. The van der Waals surface area contributed by atoms with E-state index in [1.54, 1.807) is 35.4 Å². The van der Waals surface area contributed by atoms with Gasteiger partial charge in [0.15, 0.2) is 0 Å². The Hall–Kier alpha value is -3.24. The van der Waals surface area contributed by atoms with E-state index in [9.17, 15) is 18.0 Å². The second-order valence-corrected chi connectivity index (χ2v) is 10.0. The summed E-state index contributed by atoms with van der Waals surface area (Å²) in [5.74, 6) is 0.148. The van der Waals surface area contributed by atoms with Gasteiger partial charge in [-0.1, -0.05) is 18.2 Å². The first kappa shape index (κ1) is 21.6. The van der Waals surface area contributed by atoms with Gasteiger partial charge < -0.3 is 19.4 Å². The van der Waals surface area contributed by atoms with Crippen molar-refractivity contribution in [2.45, 2.75) is 4.90 Å². The molecule has 0 unspecified atom stereocenters. The van der Waals surface area contributed by atoms with E-state index in [4.69, 9.17) is 4.74 Å². The van der Waals surface area contributed by atoms with Crippen molar-refractivity contribution >= 4 is 33.5 Å². The number of piperazine rings is 1. The highest BCUT2D eigenvalue weighted by Gasteiger charge is 2.37. The number of aromatic nitrogens is 1. The van der Waals surface area contributed by atoms with Crippen LogP contribution in [0.2, 0.25) is 0 Å². The monoisotopic (exact) mass is 468 g/mol.